The first kappa shape index (κ1) is 15.6. The lowest BCUT2D eigenvalue weighted by molar-refractivity contribution is 0.0719. The summed E-state index contributed by atoms with van der Waals surface area (Å²) in [7, 11) is 1.95. The number of fused-ring (bicyclic) bond motifs is 1. The summed E-state index contributed by atoms with van der Waals surface area (Å²) in [5.74, 6) is 0.567. The van der Waals surface area contributed by atoms with Crippen LogP contribution in [0.4, 0.5) is 0 Å². The molecule has 2 saturated carbocycles. The molecular formula is C19H25N3O2. The van der Waals surface area contributed by atoms with Crippen molar-refractivity contribution < 1.29 is 9.32 Å². The van der Waals surface area contributed by atoms with E-state index in [0.29, 0.717) is 23.2 Å². The van der Waals surface area contributed by atoms with Crippen molar-refractivity contribution in [3.05, 3.63) is 23.0 Å². The van der Waals surface area contributed by atoms with Gasteiger partial charge in [-0.3, -0.25) is 4.79 Å². The van der Waals surface area contributed by atoms with E-state index >= 15 is 0 Å². The molecule has 1 amide bonds. The van der Waals surface area contributed by atoms with E-state index in [-0.39, 0.29) is 5.91 Å². The van der Waals surface area contributed by atoms with Crippen LogP contribution in [-0.2, 0) is 0 Å². The van der Waals surface area contributed by atoms with Gasteiger partial charge in [-0.1, -0.05) is 30.8 Å². The van der Waals surface area contributed by atoms with Crippen molar-refractivity contribution in [1.29, 1.82) is 0 Å². The monoisotopic (exact) mass is 327 g/mol. The lowest BCUT2D eigenvalue weighted by Crippen LogP contribution is -2.37. The molecule has 5 heteroatoms. The van der Waals surface area contributed by atoms with Gasteiger partial charge in [-0.15, -0.1) is 0 Å². The summed E-state index contributed by atoms with van der Waals surface area (Å²) in [4.78, 5) is 19.8. The standard InChI is InChI=1S/C19H25N3O2/c1-12-17-15(11-16(13-9-10-13)20-18(17)24-21-12)19(23)22(2)14-7-5-3-4-6-8-14/h11,13-14H,3-10H2,1-2H3. The van der Waals surface area contributed by atoms with E-state index in [2.05, 4.69) is 10.1 Å². The molecule has 0 saturated heterocycles. The van der Waals surface area contributed by atoms with Gasteiger partial charge in [0.1, 0.15) is 0 Å². The van der Waals surface area contributed by atoms with E-state index in [9.17, 15) is 4.79 Å². The molecule has 4 rings (SSSR count). The molecule has 24 heavy (non-hydrogen) atoms. The number of rotatable bonds is 3. The molecule has 0 aromatic carbocycles. The molecule has 2 aliphatic rings. The normalized spacial score (nSPS) is 19.4. The lowest BCUT2D eigenvalue weighted by Gasteiger charge is -2.27. The average Bonchev–Trinajstić information content (AvgIpc) is 3.40. The minimum atomic E-state index is 0.0856. The zero-order valence-corrected chi connectivity index (χ0v) is 14.5. The first-order valence-corrected chi connectivity index (χ1v) is 9.19. The Kier molecular flexibility index (Phi) is 4.02. The third-order valence-electron chi connectivity index (χ3n) is 5.56. The van der Waals surface area contributed by atoms with Gasteiger partial charge in [0.25, 0.3) is 11.6 Å². The molecule has 2 aromatic heterocycles. The Hall–Kier alpha value is -1.91. The summed E-state index contributed by atoms with van der Waals surface area (Å²) in [6, 6.07) is 2.33. The number of nitrogens with zero attached hydrogens (tertiary/aromatic N) is 3. The van der Waals surface area contributed by atoms with Crippen LogP contribution in [0.25, 0.3) is 11.1 Å². The highest BCUT2D eigenvalue weighted by molar-refractivity contribution is 6.06. The molecular weight excluding hydrogens is 302 g/mol. The molecule has 2 aliphatic carbocycles. The van der Waals surface area contributed by atoms with Gasteiger partial charge < -0.3 is 9.42 Å². The Labute approximate surface area is 142 Å². The largest absolute Gasteiger partial charge is 0.339 e. The minimum Gasteiger partial charge on any atom is -0.339 e. The van der Waals surface area contributed by atoms with Crippen molar-refractivity contribution in [3.8, 4) is 0 Å². The van der Waals surface area contributed by atoms with E-state index in [1.165, 1.54) is 25.7 Å². The molecule has 0 N–H and O–H groups in total. The van der Waals surface area contributed by atoms with E-state index < -0.39 is 0 Å². The van der Waals surface area contributed by atoms with E-state index in [1.54, 1.807) is 0 Å². The summed E-state index contributed by atoms with van der Waals surface area (Å²) in [6.07, 6.45) is 9.52. The molecule has 0 spiro atoms. The highest BCUT2D eigenvalue weighted by atomic mass is 16.5. The summed E-state index contributed by atoms with van der Waals surface area (Å²) < 4.78 is 5.37. The first-order valence-electron chi connectivity index (χ1n) is 9.19. The van der Waals surface area contributed by atoms with E-state index in [1.807, 2.05) is 24.9 Å². The number of pyridine rings is 1. The molecule has 2 heterocycles. The topological polar surface area (TPSA) is 59.2 Å². The fraction of sp³-hybridized carbons (Fsp3) is 0.632. The van der Waals surface area contributed by atoms with Crippen LogP contribution in [-0.4, -0.2) is 34.0 Å². The highest BCUT2D eigenvalue weighted by Gasteiger charge is 2.30. The van der Waals surface area contributed by atoms with Gasteiger partial charge in [-0.05, 0) is 38.7 Å². The smallest absolute Gasteiger partial charge is 0.259 e. The second-order valence-electron chi connectivity index (χ2n) is 7.38. The minimum absolute atomic E-state index is 0.0856. The molecule has 2 fully saturated rings. The summed E-state index contributed by atoms with van der Waals surface area (Å²) >= 11 is 0. The molecule has 0 unspecified atom stereocenters. The van der Waals surface area contributed by atoms with Crippen LogP contribution in [0.15, 0.2) is 10.6 Å². The number of hydrogen-bond acceptors (Lipinski definition) is 4. The second-order valence-corrected chi connectivity index (χ2v) is 7.38. The maximum absolute atomic E-state index is 13.2. The zero-order valence-electron chi connectivity index (χ0n) is 14.5. The highest BCUT2D eigenvalue weighted by Crippen LogP contribution is 2.40. The number of hydrogen-bond donors (Lipinski definition) is 0. The first-order chi connectivity index (χ1) is 11.6. The molecule has 0 radical (unpaired) electrons. The summed E-state index contributed by atoms with van der Waals surface area (Å²) in [5.41, 5.74) is 2.95. The van der Waals surface area contributed by atoms with Crippen LogP contribution in [0.1, 0.15) is 79.0 Å². The van der Waals surface area contributed by atoms with E-state index in [4.69, 9.17) is 4.52 Å². The Balaban J connectivity index is 1.70. The van der Waals surface area contributed by atoms with Crippen molar-refractivity contribution in [2.45, 2.75) is 70.3 Å². The molecule has 128 valence electrons. The van der Waals surface area contributed by atoms with Crippen LogP contribution in [0.3, 0.4) is 0 Å². The number of carbonyl (C=O) groups excluding carboxylic acids is 1. The Morgan fingerprint density at radius 2 is 1.88 bits per heavy atom. The maximum Gasteiger partial charge on any atom is 0.259 e. The molecule has 0 aliphatic heterocycles. The Morgan fingerprint density at radius 1 is 1.17 bits per heavy atom. The van der Waals surface area contributed by atoms with Crippen LogP contribution in [0, 0.1) is 6.92 Å². The zero-order chi connectivity index (χ0) is 16.7. The number of carbonyl (C=O) groups is 1. The molecule has 0 bridgehead atoms. The predicted octanol–water partition coefficient (Wildman–Crippen LogP) is 4.20. The van der Waals surface area contributed by atoms with Crippen LogP contribution in [0.5, 0.6) is 0 Å². The Bertz CT molecular complexity index is 755. The predicted molar refractivity (Wildman–Crippen MR) is 92.1 cm³/mol. The van der Waals surface area contributed by atoms with Gasteiger partial charge in [0, 0.05) is 24.7 Å². The number of amides is 1. The van der Waals surface area contributed by atoms with Gasteiger partial charge in [-0.2, -0.15) is 0 Å². The van der Waals surface area contributed by atoms with Crippen LogP contribution in [0.2, 0.25) is 0 Å². The summed E-state index contributed by atoms with van der Waals surface area (Å²) in [5, 5.41) is 4.82. The van der Waals surface area contributed by atoms with Gasteiger partial charge >= 0.3 is 0 Å². The fourth-order valence-electron chi connectivity index (χ4n) is 3.87. The molecule has 0 atom stereocenters. The second kappa shape index (κ2) is 6.19. The van der Waals surface area contributed by atoms with Crippen LogP contribution >= 0.6 is 0 Å². The SMILES string of the molecule is Cc1noc2nc(C3CC3)cc(C(=O)N(C)C3CCCCCC3)c12. The summed E-state index contributed by atoms with van der Waals surface area (Å²) in [6.45, 7) is 1.88. The fourth-order valence-corrected chi connectivity index (χ4v) is 3.87. The average molecular weight is 327 g/mol. The van der Waals surface area contributed by atoms with Gasteiger partial charge in [-0.25, -0.2) is 4.98 Å². The third kappa shape index (κ3) is 2.80. The van der Waals surface area contributed by atoms with Crippen molar-refractivity contribution in [2.75, 3.05) is 7.05 Å². The maximum atomic E-state index is 13.2. The Morgan fingerprint density at radius 3 is 2.54 bits per heavy atom. The quantitative estimate of drug-likeness (QED) is 0.793. The third-order valence-corrected chi connectivity index (χ3v) is 5.56. The van der Waals surface area contributed by atoms with Gasteiger partial charge in [0.15, 0.2) is 0 Å². The van der Waals surface area contributed by atoms with Crippen molar-refractivity contribution in [1.82, 2.24) is 15.0 Å². The van der Waals surface area contributed by atoms with Crippen LogP contribution < -0.4 is 0 Å². The number of aromatic nitrogens is 2. The molecule has 2 aromatic rings. The van der Waals surface area contributed by atoms with Crippen molar-refractivity contribution in [2.24, 2.45) is 0 Å². The van der Waals surface area contributed by atoms with Crippen molar-refractivity contribution >= 4 is 17.0 Å². The van der Waals surface area contributed by atoms with Gasteiger partial charge in [0.2, 0.25) is 0 Å². The lowest BCUT2D eigenvalue weighted by atomic mass is 10.0. The van der Waals surface area contributed by atoms with Crippen molar-refractivity contribution in [3.63, 3.8) is 0 Å². The van der Waals surface area contributed by atoms with E-state index in [0.717, 1.165) is 42.5 Å². The van der Waals surface area contributed by atoms with Gasteiger partial charge in [0.05, 0.1) is 16.6 Å². The number of aryl methyl sites for hydroxylation is 1. The molecule has 5 nitrogen and oxygen atoms in total.